The number of allylic oxidation sites excluding steroid dienone is 1. The minimum absolute atomic E-state index is 0.0871. The maximum Gasteiger partial charge on any atom is 0.139 e. The fourth-order valence-electron chi connectivity index (χ4n) is 7.24. The number of ketones is 1. The zero-order chi connectivity index (χ0) is 22.1. The van der Waals surface area contributed by atoms with Crippen molar-refractivity contribution >= 4 is 5.78 Å². The molecule has 5 rings (SSSR count). The van der Waals surface area contributed by atoms with Gasteiger partial charge in [0.25, 0.3) is 0 Å². The summed E-state index contributed by atoms with van der Waals surface area (Å²) in [6, 6.07) is 17.1. The summed E-state index contributed by atoms with van der Waals surface area (Å²) in [6.45, 7) is 6.79. The average molecular weight is 429 g/mol. The van der Waals surface area contributed by atoms with E-state index in [0.29, 0.717) is 36.1 Å². The van der Waals surface area contributed by atoms with Crippen molar-refractivity contribution in [3.8, 4) is 5.75 Å². The lowest BCUT2D eigenvalue weighted by Gasteiger charge is -2.50. The lowest BCUT2D eigenvalue weighted by atomic mass is 9.54. The van der Waals surface area contributed by atoms with E-state index in [0.717, 1.165) is 37.9 Å². The topological polar surface area (TPSA) is 26.3 Å². The standard InChI is InChI=1S/C30H36O2/c1-3-4-6-11-23-19-28(31)30(2)17-16-26-25-15-13-24(32-20-21-9-7-5-8-10-21)18-22(25)12-14-27(26)29(23)30/h3,5,7-10,13,15,18,23,26-27,29H,1,4,6,11-12,14,16-17,19-20H2,2H3. The lowest BCUT2D eigenvalue weighted by molar-refractivity contribution is -0.129. The number of Topliss-reactive ketones (excluding diaryl/α,β-unsaturated/α-hetero) is 1. The monoisotopic (exact) mass is 428 g/mol. The zero-order valence-corrected chi connectivity index (χ0v) is 19.4. The van der Waals surface area contributed by atoms with Crippen LogP contribution >= 0.6 is 0 Å². The minimum atomic E-state index is -0.0871. The van der Waals surface area contributed by atoms with Gasteiger partial charge in [-0.25, -0.2) is 0 Å². The molecule has 0 spiro atoms. The predicted octanol–water partition coefficient (Wildman–Crippen LogP) is 7.27. The van der Waals surface area contributed by atoms with Crippen LogP contribution in [0.25, 0.3) is 0 Å². The second-order valence-corrected chi connectivity index (χ2v) is 10.5. The second kappa shape index (κ2) is 8.89. The van der Waals surface area contributed by atoms with Gasteiger partial charge in [0.15, 0.2) is 0 Å². The van der Waals surface area contributed by atoms with Crippen LogP contribution in [0.15, 0.2) is 61.2 Å². The largest absolute Gasteiger partial charge is 0.489 e. The van der Waals surface area contributed by atoms with Crippen LogP contribution in [0.2, 0.25) is 0 Å². The molecule has 3 aliphatic carbocycles. The number of hydrogen-bond acceptors (Lipinski definition) is 2. The third-order valence-corrected chi connectivity index (χ3v) is 8.77. The summed E-state index contributed by atoms with van der Waals surface area (Å²) in [5.74, 6) is 3.89. The zero-order valence-electron chi connectivity index (χ0n) is 19.4. The highest BCUT2D eigenvalue weighted by Gasteiger charge is 2.58. The molecule has 0 aliphatic heterocycles. The fourth-order valence-corrected chi connectivity index (χ4v) is 7.24. The van der Waals surface area contributed by atoms with Crippen LogP contribution in [-0.4, -0.2) is 5.78 Å². The van der Waals surface area contributed by atoms with Gasteiger partial charge in [0, 0.05) is 11.8 Å². The highest BCUT2D eigenvalue weighted by Crippen LogP contribution is 2.62. The van der Waals surface area contributed by atoms with Crippen LogP contribution in [0.3, 0.4) is 0 Å². The van der Waals surface area contributed by atoms with E-state index in [1.54, 1.807) is 0 Å². The van der Waals surface area contributed by atoms with Crippen LogP contribution in [0.1, 0.15) is 74.5 Å². The van der Waals surface area contributed by atoms with Crippen LogP contribution in [0.4, 0.5) is 0 Å². The van der Waals surface area contributed by atoms with Gasteiger partial charge < -0.3 is 4.74 Å². The van der Waals surface area contributed by atoms with Gasteiger partial charge in [-0.2, -0.15) is 0 Å². The number of unbranched alkanes of at least 4 members (excludes halogenated alkanes) is 1. The SMILES string of the molecule is C=CCCCC1CC(=O)C2(C)CCC3c4ccc(OCc5ccccc5)cc4CCC3C12. The summed E-state index contributed by atoms with van der Waals surface area (Å²) in [5.41, 5.74) is 4.11. The maximum atomic E-state index is 13.1. The minimum Gasteiger partial charge on any atom is -0.489 e. The highest BCUT2D eigenvalue weighted by atomic mass is 16.5. The predicted molar refractivity (Wildman–Crippen MR) is 130 cm³/mol. The highest BCUT2D eigenvalue weighted by molar-refractivity contribution is 5.87. The number of aryl methyl sites for hydroxylation is 1. The van der Waals surface area contributed by atoms with Crippen LogP contribution in [-0.2, 0) is 17.8 Å². The van der Waals surface area contributed by atoms with Crippen molar-refractivity contribution in [3.63, 3.8) is 0 Å². The van der Waals surface area contributed by atoms with Crippen LogP contribution in [0.5, 0.6) is 5.75 Å². The maximum absolute atomic E-state index is 13.1. The van der Waals surface area contributed by atoms with Crippen molar-refractivity contribution in [2.45, 2.75) is 70.8 Å². The molecular formula is C30H36O2. The number of ether oxygens (including phenoxy) is 1. The van der Waals surface area contributed by atoms with Gasteiger partial charge in [0.05, 0.1) is 0 Å². The van der Waals surface area contributed by atoms with Gasteiger partial charge in [-0.05, 0) is 97.4 Å². The van der Waals surface area contributed by atoms with E-state index in [1.807, 2.05) is 12.1 Å². The first-order chi connectivity index (χ1) is 15.6. The first-order valence-corrected chi connectivity index (χ1v) is 12.5. The average Bonchev–Trinajstić information content (AvgIpc) is 3.08. The normalized spacial score (nSPS) is 30.8. The first-order valence-electron chi connectivity index (χ1n) is 12.5. The molecule has 2 aromatic rings. The van der Waals surface area contributed by atoms with Crippen molar-refractivity contribution in [2.75, 3.05) is 0 Å². The summed E-state index contributed by atoms with van der Waals surface area (Å²) in [6.07, 6.45) is 10.8. The number of carbonyl (C=O) groups is 1. The molecule has 0 aromatic heterocycles. The molecule has 5 unspecified atom stereocenters. The van der Waals surface area contributed by atoms with E-state index in [1.165, 1.54) is 36.0 Å². The fraction of sp³-hybridized carbons (Fsp3) is 0.500. The van der Waals surface area contributed by atoms with Gasteiger partial charge in [0.1, 0.15) is 18.1 Å². The first kappa shape index (κ1) is 21.5. The number of rotatable bonds is 7. The van der Waals surface area contributed by atoms with Gasteiger partial charge in [-0.1, -0.05) is 49.4 Å². The molecule has 2 saturated carbocycles. The van der Waals surface area contributed by atoms with E-state index in [2.05, 4.69) is 56.0 Å². The van der Waals surface area contributed by atoms with E-state index in [4.69, 9.17) is 4.74 Å². The number of carbonyl (C=O) groups excluding carboxylic acids is 1. The Hall–Kier alpha value is -2.35. The molecule has 0 saturated heterocycles. The molecule has 2 nitrogen and oxygen atoms in total. The van der Waals surface area contributed by atoms with Crippen molar-refractivity contribution in [2.24, 2.45) is 23.2 Å². The molecule has 32 heavy (non-hydrogen) atoms. The van der Waals surface area contributed by atoms with Crippen molar-refractivity contribution in [1.82, 2.24) is 0 Å². The summed E-state index contributed by atoms with van der Waals surface area (Å²) in [7, 11) is 0. The third-order valence-electron chi connectivity index (χ3n) is 8.77. The van der Waals surface area contributed by atoms with Gasteiger partial charge in [-0.3, -0.25) is 4.79 Å². The van der Waals surface area contributed by atoms with E-state index in [9.17, 15) is 4.79 Å². The molecule has 5 atom stereocenters. The van der Waals surface area contributed by atoms with E-state index >= 15 is 0 Å². The summed E-state index contributed by atoms with van der Waals surface area (Å²) in [5, 5.41) is 0. The Balaban J connectivity index is 1.34. The lowest BCUT2D eigenvalue weighted by Crippen LogP contribution is -2.44. The molecule has 0 amide bonds. The Morgan fingerprint density at radius 1 is 1.16 bits per heavy atom. The molecule has 0 bridgehead atoms. The van der Waals surface area contributed by atoms with Crippen molar-refractivity contribution in [1.29, 1.82) is 0 Å². The number of hydrogen-bond donors (Lipinski definition) is 0. The quantitative estimate of drug-likeness (QED) is 0.342. The Labute approximate surface area is 193 Å². The molecular weight excluding hydrogens is 392 g/mol. The Kier molecular flexibility index (Phi) is 5.97. The second-order valence-electron chi connectivity index (χ2n) is 10.5. The molecule has 0 heterocycles. The molecule has 168 valence electrons. The summed E-state index contributed by atoms with van der Waals surface area (Å²) >= 11 is 0. The van der Waals surface area contributed by atoms with Gasteiger partial charge >= 0.3 is 0 Å². The van der Waals surface area contributed by atoms with E-state index in [-0.39, 0.29) is 5.41 Å². The molecule has 2 fully saturated rings. The summed E-state index contributed by atoms with van der Waals surface area (Å²) < 4.78 is 6.11. The Morgan fingerprint density at radius 2 is 2.00 bits per heavy atom. The van der Waals surface area contributed by atoms with Crippen LogP contribution < -0.4 is 4.74 Å². The number of fused-ring (bicyclic) bond motifs is 5. The molecule has 2 aromatic carbocycles. The van der Waals surface area contributed by atoms with Gasteiger partial charge in [0.2, 0.25) is 0 Å². The van der Waals surface area contributed by atoms with Crippen molar-refractivity contribution < 1.29 is 9.53 Å². The Morgan fingerprint density at radius 3 is 2.81 bits per heavy atom. The third kappa shape index (κ3) is 3.83. The molecule has 3 aliphatic rings. The van der Waals surface area contributed by atoms with E-state index < -0.39 is 0 Å². The molecule has 0 N–H and O–H groups in total. The number of benzene rings is 2. The molecule has 0 radical (unpaired) electrons. The summed E-state index contributed by atoms with van der Waals surface area (Å²) in [4.78, 5) is 13.1. The van der Waals surface area contributed by atoms with Gasteiger partial charge in [-0.15, -0.1) is 6.58 Å². The van der Waals surface area contributed by atoms with Crippen molar-refractivity contribution in [3.05, 3.63) is 77.9 Å². The Bertz CT molecular complexity index is 978. The molecule has 2 heteroatoms. The smallest absolute Gasteiger partial charge is 0.139 e. The van der Waals surface area contributed by atoms with Crippen LogP contribution in [0, 0.1) is 23.2 Å².